The summed E-state index contributed by atoms with van der Waals surface area (Å²) in [4.78, 5) is 9.45. The largest absolute Gasteiger partial charge is 0.305 e. The van der Waals surface area contributed by atoms with Crippen LogP contribution in [0.1, 0.15) is 50.7 Å². The molecule has 0 amide bonds. The van der Waals surface area contributed by atoms with Gasteiger partial charge in [-0.2, -0.15) is 11.3 Å². The summed E-state index contributed by atoms with van der Waals surface area (Å²) in [5, 5.41) is 4.13. The molecule has 1 aliphatic rings. The number of thiophene rings is 1. The number of nitrogens with zero attached hydrogens (tertiary/aromatic N) is 2. The summed E-state index contributed by atoms with van der Waals surface area (Å²) in [5.74, 6) is 1.51. The van der Waals surface area contributed by atoms with Crippen LogP contribution in [0.3, 0.4) is 0 Å². The van der Waals surface area contributed by atoms with E-state index in [0.29, 0.717) is 5.92 Å². The van der Waals surface area contributed by atoms with Crippen LogP contribution in [0.25, 0.3) is 53.8 Å². The van der Waals surface area contributed by atoms with Crippen LogP contribution in [0.2, 0.25) is 19.6 Å². The van der Waals surface area contributed by atoms with Crippen molar-refractivity contribution in [2.24, 2.45) is 11.8 Å². The van der Waals surface area contributed by atoms with Gasteiger partial charge in [0.05, 0.1) is 8.07 Å². The first-order valence-electron chi connectivity index (χ1n) is 18.6. The Morgan fingerprint density at radius 3 is 2.27 bits per heavy atom. The minimum atomic E-state index is -1.35. The summed E-state index contributed by atoms with van der Waals surface area (Å²) in [6, 6.07) is 43.1. The van der Waals surface area contributed by atoms with Crippen molar-refractivity contribution >= 4 is 44.8 Å². The predicted octanol–water partition coefficient (Wildman–Crippen LogP) is 12.6. The zero-order valence-corrected chi connectivity index (χ0v) is 35.2. The standard InChI is InChI=1S/C27H22NS.C20H26NSi.Ir/c1-18(2)16-19-14-15-28-25(17-19)24-13-7-12-23-22-11-6-10-21(26(22)29-27(23)24)20-8-4-3-5-9-20;1-22(2,3)20-15-21-19(17-11-5-4-6-12-17)14-18(20)13-16-9-7-8-10-16;/h3-12,14-15,17-18H,16H2,1-2H3;4-6,11,14-16H,7-10,13H2,1-3H3;/q2*-1;. The van der Waals surface area contributed by atoms with E-state index in [2.05, 4.69) is 137 Å². The molecule has 0 N–H and O–H groups in total. The van der Waals surface area contributed by atoms with Crippen molar-refractivity contribution < 1.29 is 20.1 Å². The number of aromatic nitrogens is 2. The third kappa shape index (κ3) is 8.72. The number of hydrogen-bond acceptors (Lipinski definition) is 3. The van der Waals surface area contributed by atoms with Gasteiger partial charge < -0.3 is 9.97 Å². The van der Waals surface area contributed by atoms with Crippen LogP contribution >= 0.6 is 11.3 Å². The number of hydrogen-bond donors (Lipinski definition) is 0. The summed E-state index contributed by atoms with van der Waals surface area (Å²) in [7, 11) is -1.35. The molecule has 1 radical (unpaired) electrons. The smallest absolute Gasteiger partial charge is 0.0798 e. The maximum absolute atomic E-state index is 4.75. The van der Waals surface area contributed by atoms with Gasteiger partial charge in [-0.25, -0.2) is 0 Å². The van der Waals surface area contributed by atoms with Gasteiger partial charge in [-0.3, -0.25) is 0 Å². The Bertz CT molecular complexity index is 2230. The van der Waals surface area contributed by atoms with Gasteiger partial charge in [0.25, 0.3) is 0 Å². The molecule has 0 spiro atoms. The quantitative estimate of drug-likeness (QED) is 0.112. The average molecular weight is 893 g/mol. The van der Waals surface area contributed by atoms with E-state index in [1.165, 1.54) is 69.0 Å². The molecule has 52 heavy (non-hydrogen) atoms. The van der Waals surface area contributed by atoms with Gasteiger partial charge in [-0.15, -0.1) is 59.7 Å². The minimum Gasteiger partial charge on any atom is -0.305 e. The van der Waals surface area contributed by atoms with E-state index in [0.717, 1.165) is 34.9 Å². The van der Waals surface area contributed by atoms with Crippen molar-refractivity contribution in [3.8, 4) is 33.6 Å². The molecule has 0 unspecified atom stereocenters. The molecule has 7 aromatic rings. The van der Waals surface area contributed by atoms with E-state index in [1.54, 1.807) is 10.8 Å². The summed E-state index contributed by atoms with van der Waals surface area (Å²) < 4.78 is 2.59. The normalized spacial score (nSPS) is 13.3. The van der Waals surface area contributed by atoms with Crippen LogP contribution in [0, 0.1) is 24.0 Å². The second-order valence-electron chi connectivity index (χ2n) is 15.5. The molecule has 0 atom stereocenters. The molecule has 1 fully saturated rings. The monoisotopic (exact) mass is 893 g/mol. The maximum atomic E-state index is 4.75. The molecule has 3 heterocycles. The van der Waals surface area contributed by atoms with Gasteiger partial charge >= 0.3 is 0 Å². The SMILES string of the molecule is CC(C)Cc1ccnc(-c2[c-]ccc3c2sc2c(-c4ccccc4)cccc23)c1.C[Si](C)(C)c1cnc(-c2[c-]cccc2)cc1CC1CCCC1.[Ir]. The van der Waals surface area contributed by atoms with Gasteiger partial charge in [0.2, 0.25) is 0 Å². The molecule has 267 valence electrons. The van der Waals surface area contributed by atoms with E-state index in [4.69, 9.17) is 9.97 Å². The zero-order chi connectivity index (χ0) is 35.4. The second-order valence-corrected chi connectivity index (χ2v) is 21.6. The van der Waals surface area contributed by atoms with E-state index >= 15 is 0 Å². The third-order valence-electron chi connectivity index (χ3n) is 10.0. The second kappa shape index (κ2) is 16.9. The number of pyridine rings is 2. The van der Waals surface area contributed by atoms with E-state index < -0.39 is 8.07 Å². The van der Waals surface area contributed by atoms with Gasteiger partial charge in [0.1, 0.15) is 0 Å². The van der Waals surface area contributed by atoms with Crippen molar-refractivity contribution in [1.29, 1.82) is 0 Å². The Hall–Kier alpha value is -3.73. The Kier molecular flexibility index (Phi) is 12.4. The van der Waals surface area contributed by atoms with Gasteiger partial charge in [0, 0.05) is 37.2 Å². The third-order valence-corrected chi connectivity index (χ3v) is 13.4. The fourth-order valence-electron chi connectivity index (χ4n) is 7.57. The van der Waals surface area contributed by atoms with Crippen molar-refractivity contribution in [2.75, 3.05) is 0 Å². The van der Waals surface area contributed by atoms with E-state index in [9.17, 15) is 0 Å². The number of rotatable bonds is 8. The van der Waals surface area contributed by atoms with Crippen LogP contribution in [0.5, 0.6) is 0 Å². The Labute approximate surface area is 329 Å². The molecule has 5 heteroatoms. The van der Waals surface area contributed by atoms with Crippen LogP contribution in [0.15, 0.2) is 116 Å². The average Bonchev–Trinajstić information content (AvgIpc) is 3.80. The van der Waals surface area contributed by atoms with Crippen molar-refractivity contribution in [3.05, 3.63) is 139 Å². The first-order chi connectivity index (χ1) is 24.7. The van der Waals surface area contributed by atoms with E-state index in [-0.39, 0.29) is 20.1 Å². The molecule has 3 aromatic heterocycles. The molecule has 0 aliphatic heterocycles. The number of fused-ring (bicyclic) bond motifs is 3. The van der Waals surface area contributed by atoms with Gasteiger partial charge in [-0.05, 0) is 68.5 Å². The fourth-order valence-corrected chi connectivity index (χ4v) is 10.5. The summed E-state index contributed by atoms with van der Waals surface area (Å²) in [6.45, 7) is 11.8. The van der Waals surface area contributed by atoms with Gasteiger partial charge in [0.15, 0.2) is 0 Å². The first-order valence-corrected chi connectivity index (χ1v) is 22.9. The zero-order valence-electron chi connectivity index (χ0n) is 31.0. The number of benzene rings is 4. The van der Waals surface area contributed by atoms with Crippen molar-refractivity contribution in [2.45, 2.75) is 72.0 Å². The Morgan fingerprint density at radius 1 is 0.769 bits per heavy atom. The first kappa shape index (κ1) is 38.0. The summed E-state index contributed by atoms with van der Waals surface area (Å²) >= 11 is 1.85. The predicted molar refractivity (Wildman–Crippen MR) is 223 cm³/mol. The van der Waals surface area contributed by atoms with Crippen molar-refractivity contribution in [3.63, 3.8) is 0 Å². The van der Waals surface area contributed by atoms with Gasteiger partial charge in [-0.1, -0.05) is 136 Å². The Balaban J connectivity index is 0.000000182. The summed E-state index contributed by atoms with van der Waals surface area (Å²) in [5.41, 5.74) is 9.74. The summed E-state index contributed by atoms with van der Waals surface area (Å²) in [6.07, 6.45) is 12.0. The molecule has 8 rings (SSSR count). The molecule has 1 aliphatic carbocycles. The topological polar surface area (TPSA) is 25.8 Å². The van der Waals surface area contributed by atoms with Crippen LogP contribution in [-0.2, 0) is 32.9 Å². The molecule has 0 bridgehead atoms. The molecule has 2 nitrogen and oxygen atoms in total. The molecular formula is C47H48IrN2SSi-2. The van der Waals surface area contributed by atoms with Crippen LogP contribution < -0.4 is 5.19 Å². The molecule has 1 saturated carbocycles. The maximum Gasteiger partial charge on any atom is 0.0798 e. The Morgan fingerprint density at radius 2 is 1.54 bits per heavy atom. The molecule has 4 aromatic carbocycles. The molecular weight excluding hydrogens is 845 g/mol. The minimum absolute atomic E-state index is 0. The molecule has 0 saturated heterocycles. The fraction of sp³-hybridized carbons (Fsp3) is 0.277. The van der Waals surface area contributed by atoms with E-state index in [1.807, 2.05) is 35.7 Å². The van der Waals surface area contributed by atoms with Crippen LogP contribution in [-0.4, -0.2) is 18.0 Å². The van der Waals surface area contributed by atoms with Crippen LogP contribution in [0.4, 0.5) is 0 Å². The van der Waals surface area contributed by atoms with Crippen molar-refractivity contribution in [1.82, 2.24) is 9.97 Å².